The van der Waals surface area contributed by atoms with Gasteiger partial charge in [0.05, 0.1) is 23.8 Å². The molecule has 0 fully saturated rings. The standard InChI is InChI=1S/C12H17N3O3S/c1-9(2)8-15(18-19(3,16)17)12-13-10-6-4-5-7-11(10)14-12/h4-7,9H,8H2,1-3H3,(H,13,14). The van der Waals surface area contributed by atoms with Gasteiger partial charge in [0, 0.05) is 0 Å². The summed E-state index contributed by atoms with van der Waals surface area (Å²) in [6.45, 7) is 4.37. The first-order valence-electron chi connectivity index (χ1n) is 5.97. The molecule has 7 heteroatoms. The summed E-state index contributed by atoms with van der Waals surface area (Å²) in [6, 6.07) is 7.48. The van der Waals surface area contributed by atoms with Gasteiger partial charge < -0.3 is 4.98 Å². The van der Waals surface area contributed by atoms with Gasteiger partial charge in [0.25, 0.3) is 10.1 Å². The molecule has 1 aromatic heterocycles. The number of nitrogens with one attached hydrogen (secondary N) is 1. The molecule has 0 aliphatic rings. The lowest BCUT2D eigenvalue weighted by Gasteiger charge is -2.20. The van der Waals surface area contributed by atoms with Crippen LogP contribution in [0, 0.1) is 5.92 Å². The van der Waals surface area contributed by atoms with Gasteiger partial charge in [0.2, 0.25) is 5.95 Å². The van der Waals surface area contributed by atoms with Crippen molar-refractivity contribution in [3.8, 4) is 0 Å². The van der Waals surface area contributed by atoms with Crippen LogP contribution < -0.4 is 5.06 Å². The predicted octanol–water partition coefficient (Wildman–Crippen LogP) is 1.92. The summed E-state index contributed by atoms with van der Waals surface area (Å²) in [5.74, 6) is 0.621. The fraction of sp³-hybridized carbons (Fsp3) is 0.417. The Labute approximate surface area is 112 Å². The van der Waals surface area contributed by atoms with Crippen molar-refractivity contribution in [2.45, 2.75) is 13.8 Å². The maximum absolute atomic E-state index is 11.3. The van der Waals surface area contributed by atoms with Gasteiger partial charge in [-0.2, -0.15) is 8.42 Å². The van der Waals surface area contributed by atoms with Crippen LogP contribution in [0.3, 0.4) is 0 Å². The number of hydroxylamine groups is 1. The average Bonchev–Trinajstić information content (AvgIpc) is 2.68. The highest BCUT2D eigenvalue weighted by atomic mass is 32.2. The van der Waals surface area contributed by atoms with Crippen molar-refractivity contribution in [3.05, 3.63) is 24.3 Å². The van der Waals surface area contributed by atoms with E-state index >= 15 is 0 Å². The Morgan fingerprint density at radius 3 is 2.63 bits per heavy atom. The van der Waals surface area contributed by atoms with Gasteiger partial charge in [0.1, 0.15) is 0 Å². The number of hydrogen-bond acceptors (Lipinski definition) is 5. The first-order valence-corrected chi connectivity index (χ1v) is 7.78. The molecule has 0 spiro atoms. The molecule has 1 aromatic carbocycles. The molecule has 0 radical (unpaired) electrons. The second-order valence-electron chi connectivity index (χ2n) is 4.81. The molecule has 1 N–H and O–H groups in total. The highest BCUT2D eigenvalue weighted by Crippen LogP contribution is 2.19. The molecular weight excluding hydrogens is 266 g/mol. The van der Waals surface area contributed by atoms with Crippen LogP contribution in [0.2, 0.25) is 0 Å². The molecule has 2 rings (SSSR count). The van der Waals surface area contributed by atoms with E-state index in [2.05, 4.69) is 9.97 Å². The lowest BCUT2D eigenvalue weighted by molar-refractivity contribution is 0.266. The summed E-state index contributed by atoms with van der Waals surface area (Å²) < 4.78 is 27.6. The molecule has 1 heterocycles. The summed E-state index contributed by atoms with van der Waals surface area (Å²) in [7, 11) is -3.59. The normalized spacial score (nSPS) is 12.2. The topological polar surface area (TPSA) is 75.3 Å². The third kappa shape index (κ3) is 3.68. The number of aromatic amines is 1. The van der Waals surface area contributed by atoms with Gasteiger partial charge in [-0.3, -0.25) is 0 Å². The third-order valence-electron chi connectivity index (χ3n) is 2.37. The fourth-order valence-corrected chi connectivity index (χ4v) is 2.16. The SMILES string of the molecule is CC(C)CN(OS(C)(=O)=O)c1nc2ccccc2[nH]1. The number of aromatic nitrogens is 2. The summed E-state index contributed by atoms with van der Waals surface area (Å²) in [5.41, 5.74) is 1.60. The van der Waals surface area contributed by atoms with Crippen LogP contribution in [-0.4, -0.2) is 31.2 Å². The molecule has 0 atom stereocenters. The Bertz CT molecular complexity index is 631. The molecule has 0 amide bonds. The molecule has 0 saturated carbocycles. The van der Waals surface area contributed by atoms with E-state index in [0.29, 0.717) is 12.5 Å². The number of para-hydroxylation sites is 2. The van der Waals surface area contributed by atoms with E-state index in [1.54, 1.807) is 0 Å². The van der Waals surface area contributed by atoms with Gasteiger partial charge >= 0.3 is 0 Å². The Hall–Kier alpha value is -1.60. The zero-order chi connectivity index (χ0) is 14.0. The van der Waals surface area contributed by atoms with Gasteiger partial charge in [-0.25, -0.2) is 10.0 Å². The molecule has 19 heavy (non-hydrogen) atoms. The Morgan fingerprint density at radius 1 is 1.37 bits per heavy atom. The van der Waals surface area contributed by atoms with E-state index < -0.39 is 10.1 Å². The van der Waals surface area contributed by atoms with Crippen LogP contribution in [0.4, 0.5) is 5.95 Å². The second-order valence-corrected chi connectivity index (χ2v) is 6.37. The van der Waals surface area contributed by atoms with Crippen LogP contribution >= 0.6 is 0 Å². The van der Waals surface area contributed by atoms with Crippen molar-refractivity contribution in [2.24, 2.45) is 5.92 Å². The maximum Gasteiger partial charge on any atom is 0.285 e. The minimum Gasteiger partial charge on any atom is -0.322 e. The van der Waals surface area contributed by atoms with Crippen molar-refractivity contribution in [1.29, 1.82) is 0 Å². The number of imidazole rings is 1. The highest BCUT2D eigenvalue weighted by molar-refractivity contribution is 7.86. The summed E-state index contributed by atoms with van der Waals surface area (Å²) in [5, 5.41) is 1.28. The lowest BCUT2D eigenvalue weighted by atomic mass is 10.2. The minimum absolute atomic E-state index is 0.231. The van der Waals surface area contributed by atoms with Crippen LogP contribution in [-0.2, 0) is 14.4 Å². The number of anilines is 1. The smallest absolute Gasteiger partial charge is 0.285 e. The van der Waals surface area contributed by atoms with Crippen LogP contribution in [0.15, 0.2) is 24.3 Å². The van der Waals surface area contributed by atoms with Crippen molar-refractivity contribution in [3.63, 3.8) is 0 Å². The first kappa shape index (κ1) is 13.8. The molecule has 0 unspecified atom stereocenters. The van der Waals surface area contributed by atoms with Crippen LogP contribution in [0.25, 0.3) is 11.0 Å². The number of hydrogen-bond donors (Lipinski definition) is 1. The van der Waals surface area contributed by atoms with Crippen molar-refractivity contribution in [1.82, 2.24) is 9.97 Å². The lowest BCUT2D eigenvalue weighted by Crippen LogP contribution is -2.31. The molecular formula is C12H17N3O3S. The number of nitrogens with zero attached hydrogens (tertiary/aromatic N) is 2. The number of benzene rings is 1. The summed E-state index contributed by atoms with van der Waals surface area (Å²) in [4.78, 5) is 7.38. The highest BCUT2D eigenvalue weighted by Gasteiger charge is 2.18. The Kier molecular flexibility index (Phi) is 3.77. The monoisotopic (exact) mass is 283 g/mol. The van der Waals surface area contributed by atoms with Crippen LogP contribution in [0.5, 0.6) is 0 Å². The quantitative estimate of drug-likeness (QED) is 0.848. The van der Waals surface area contributed by atoms with Gasteiger partial charge in [-0.1, -0.05) is 26.0 Å². The fourth-order valence-electron chi connectivity index (χ4n) is 1.70. The van der Waals surface area contributed by atoms with E-state index in [-0.39, 0.29) is 5.92 Å². The average molecular weight is 283 g/mol. The van der Waals surface area contributed by atoms with E-state index in [4.69, 9.17) is 4.28 Å². The number of rotatable bonds is 5. The molecule has 104 valence electrons. The molecule has 0 aliphatic heterocycles. The van der Waals surface area contributed by atoms with Crippen molar-refractivity contribution >= 4 is 27.1 Å². The van der Waals surface area contributed by atoms with Crippen molar-refractivity contribution in [2.75, 3.05) is 17.9 Å². The van der Waals surface area contributed by atoms with Crippen LogP contribution in [0.1, 0.15) is 13.8 Å². The van der Waals surface area contributed by atoms with Gasteiger partial charge in [-0.05, 0) is 18.1 Å². The summed E-state index contributed by atoms with van der Waals surface area (Å²) >= 11 is 0. The summed E-state index contributed by atoms with van der Waals surface area (Å²) in [6.07, 6.45) is 1.02. The minimum atomic E-state index is -3.59. The molecule has 6 nitrogen and oxygen atoms in total. The van der Waals surface area contributed by atoms with Crippen molar-refractivity contribution < 1.29 is 12.7 Å². The first-order chi connectivity index (χ1) is 8.85. The Morgan fingerprint density at radius 2 is 2.05 bits per heavy atom. The number of H-pyrrole nitrogens is 1. The molecule has 0 aliphatic carbocycles. The molecule has 0 saturated heterocycles. The van der Waals surface area contributed by atoms with Gasteiger partial charge in [-0.15, -0.1) is 4.28 Å². The maximum atomic E-state index is 11.3. The predicted molar refractivity (Wildman–Crippen MR) is 74.2 cm³/mol. The molecule has 2 aromatic rings. The van der Waals surface area contributed by atoms with E-state index in [1.807, 2.05) is 38.1 Å². The van der Waals surface area contributed by atoms with E-state index in [1.165, 1.54) is 5.06 Å². The Balaban J connectivity index is 2.36. The second kappa shape index (κ2) is 5.18. The number of fused-ring (bicyclic) bond motifs is 1. The van der Waals surface area contributed by atoms with Gasteiger partial charge in [0.15, 0.2) is 0 Å². The zero-order valence-corrected chi connectivity index (χ0v) is 11.9. The third-order valence-corrected chi connectivity index (χ3v) is 2.82. The van der Waals surface area contributed by atoms with E-state index in [0.717, 1.165) is 17.3 Å². The van der Waals surface area contributed by atoms with E-state index in [9.17, 15) is 8.42 Å². The zero-order valence-electron chi connectivity index (χ0n) is 11.1. The largest absolute Gasteiger partial charge is 0.322 e. The molecule has 0 bridgehead atoms.